The fourth-order valence-corrected chi connectivity index (χ4v) is 7.50. The number of benzene rings is 4. The van der Waals surface area contributed by atoms with Gasteiger partial charge in [-0.1, -0.05) is 148 Å². The molecule has 1 heterocycles. The zero-order valence-corrected chi connectivity index (χ0v) is 33.4. The average molecular weight is 737 g/mol. The van der Waals surface area contributed by atoms with Gasteiger partial charge in [-0.2, -0.15) is 0 Å². The standard InChI is InChI=1S/C46H60O6Si/c1-7-20-40(34-51-53(5,6)46(2,3)4)29-41-43(48-31-37-23-14-9-15-24-37)45(50-33-39-27-18-11-19-28-39)44(49-32-38-25-16-10-17-26-38)42(52-41)35-47-30-36-21-12-8-13-22-36/h7-19,21-28,40-45H,1,20,29-35H2,2-6H3/t40-,41-,42+,43-,44-,45+/m0/s1. The third-order valence-corrected chi connectivity index (χ3v) is 15.0. The van der Waals surface area contributed by atoms with Crippen molar-refractivity contribution in [2.75, 3.05) is 13.2 Å². The Balaban J connectivity index is 1.48. The molecule has 1 aliphatic heterocycles. The Labute approximate surface area is 319 Å². The smallest absolute Gasteiger partial charge is 0.191 e. The maximum atomic E-state index is 7.15. The predicted octanol–water partition coefficient (Wildman–Crippen LogP) is 10.3. The van der Waals surface area contributed by atoms with Crippen molar-refractivity contribution in [2.45, 2.75) is 109 Å². The molecule has 5 rings (SSSR count). The van der Waals surface area contributed by atoms with Gasteiger partial charge in [-0.3, -0.25) is 0 Å². The number of rotatable bonds is 20. The Morgan fingerprint density at radius 1 is 0.623 bits per heavy atom. The minimum absolute atomic E-state index is 0.106. The van der Waals surface area contributed by atoms with E-state index in [4.69, 9.17) is 28.1 Å². The van der Waals surface area contributed by atoms with Gasteiger partial charge in [0, 0.05) is 6.61 Å². The molecule has 0 N–H and O–H groups in total. The second-order valence-electron chi connectivity index (χ2n) is 15.7. The first kappa shape index (κ1) is 40.8. The Kier molecular flexibility index (Phi) is 15.6. The van der Waals surface area contributed by atoms with Crippen LogP contribution in [0.5, 0.6) is 0 Å². The van der Waals surface area contributed by atoms with Gasteiger partial charge in [0.2, 0.25) is 0 Å². The second kappa shape index (κ2) is 20.3. The van der Waals surface area contributed by atoms with Gasteiger partial charge in [0.15, 0.2) is 8.32 Å². The van der Waals surface area contributed by atoms with Crippen molar-refractivity contribution >= 4 is 8.32 Å². The first-order chi connectivity index (χ1) is 25.6. The maximum Gasteiger partial charge on any atom is 0.191 e. The Hall–Kier alpha value is -3.40. The van der Waals surface area contributed by atoms with Gasteiger partial charge in [0.25, 0.3) is 0 Å². The van der Waals surface area contributed by atoms with E-state index in [2.05, 4.69) is 89.0 Å². The summed E-state index contributed by atoms with van der Waals surface area (Å²) in [7, 11) is -1.99. The summed E-state index contributed by atoms with van der Waals surface area (Å²) in [6.45, 7) is 18.3. The molecule has 0 amide bonds. The van der Waals surface area contributed by atoms with Crippen LogP contribution in [-0.2, 0) is 54.5 Å². The molecule has 0 radical (unpaired) electrons. The molecule has 7 heteroatoms. The molecule has 1 saturated heterocycles. The fraction of sp³-hybridized carbons (Fsp3) is 0.435. The molecular weight excluding hydrogens is 677 g/mol. The second-order valence-corrected chi connectivity index (χ2v) is 20.5. The van der Waals surface area contributed by atoms with Gasteiger partial charge in [0.1, 0.15) is 24.4 Å². The van der Waals surface area contributed by atoms with Crippen LogP contribution >= 0.6 is 0 Å². The van der Waals surface area contributed by atoms with E-state index in [1.807, 2.05) is 78.9 Å². The van der Waals surface area contributed by atoms with Gasteiger partial charge in [-0.05, 0) is 59.1 Å². The molecule has 0 aromatic heterocycles. The minimum atomic E-state index is -1.99. The lowest BCUT2D eigenvalue weighted by Crippen LogP contribution is -2.61. The summed E-state index contributed by atoms with van der Waals surface area (Å²) in [5.74, 6) is 0.178. The van der Waals surface area contributed by atoms with E-state index >= 15 is 0 Å². The van der Waals surface area contributed by atoms with Crippen molar-refractivity contribution < 1.29 is 28.1 Å². The maximum absolute atomic E-state index is 7.15. The lowest BCUT2D eigenvalue weighted by Gasteiger charge is -2.47. The van der Waals surface area contributed by atoms with Crippen molar-refractivity contribution in [1.82, 2.24) is 0 Å². The lowest BCUT2D eigenvalue weighted by atomic mass is 9.88. The van der Waals surface area contributed by atoms with Crippen LogP contribution in [0.4, 0.5) is 0 Å². The Bertz CT molecular complexity index is 1600. The molecule has 0 saturated carbocycles. The summed E-state index contributed by atoms with van der Waals surface area (Å²) in [5, 5.41) is 0.106. The summed E-state index contributed by atoms with van der Waals surface area (Å²) in [5.41, 5.74) is 4.36. The van der Waals surface area contributed by atoms with Gasteiger partial charge in [0.05, 0.1) is 39.1 Å². The van der Waals surface area contributed by atoms with Crippen LogP contribution in [0, 0.1) is 5.92 Å². The Morgan fingerprint density at radius 3 is 1.47 bits per heavy atom. The number of hydrogen-bond donors (Lipinski definition) is 0. The molecule has 1 fully saturated rings. The molecule has 0 unspecified atom stereocenters. The molecule has 4 aromatic carbocycles. The van der Waals surface area contributed by atoms with Gasteiger partial charge in [-0.25, -0.2) is 0 Å². The molecular formula is C46H60O6Si. The third-order valence-electron chi connectivity index (χ3n) is 10.5. The van der Waals surface area contributed by atoms with Crippen LogP contribution in [0.2, 0.25) is 18.1 Å². The SMILES string of the molecule is C=CC[C@H](CO[Si](C)(C)C(C)(C)C)C[C@@H]1O[C@H](COCc2ccccc2)[C@H](OCc2ccccc2)[C@H](OCc2ccccc2)[C@H]1OCc1ccccc1. The Morgan fingerprint density at radius 2 is 1.04 bits per heavy atom. The predicted molar refractivity (Wildman–Crippen MR) is 216 cm³/mol. The molecule has 53 heavy (non-hydrogen) atoms. The van der Waals surface area contributed by atoms with E-state index in [0.29, 0.717) is 46.1 Å². The van der Waals surface area contributed by atoms with Crippen molar-refractivity contribution in [3.05, 3.63) is 156 Å². The van der Waals surface area contributed by atoms with Gasteiger partial charge >= 0.3 is 0 Å². The molecule has 6 nitrogen and oxygen atoms in total. The van der Waals surface area contributed by atoms with Gasteiger partial charge < -0.3 is 28.1 Å². The number of ether oxygens (including phenoxy) is 5. The van der Waals surface area contributed by atoms with Crippen LogP contribution in [0.15, 0.2) is 134 Å². The molecule has 0 aliphatic carbocycles. The topological polar surface area (TPSA) is 55.4 Å². The molecule has 0 bridgehead atoms. The molecule has 0 spiro atoms. The van der Waals surface area contributed by atoms with Crippen molar-refractivity contribution in [3.8, 4) is 0 Å². The highest BCUT2D eigenvalue weighted by Crippen LogP contribution is 2.38. The summed E-state index contributed by atoms with van der Waals surface area (Å²) in [4.78, 5) is 0. The zero-order chi connectivity index (χ0) is 37.5. The summed E-state index contributed by atoms with van der Waals surface area (Å²) < 4.78 is 41.1. The van der Waals surface area contributed by atoms with Crippen molar-refractivity contribution in [1.29, 1.82) is 0 Å². The highest BCUT2D eigenvalue weighted by molar-refractivity contribution is 6.74. The monoisotopic (exact) mass is 736 g/mol. The third kappa shape index (κ3) is 12.6. The quantitative estimate of drug-likeness (QED) is 0.0665. The highest BCUT2D eigenvalue weighted by Gasteiger charge is 2.49. The first-order valence-electron chi connectivity index (χ1n) is 19.1. The van der Waals surface area contributed by atoms with E-state index in [-0.39, 0.29) is 17.1 Å². The number of allylic oxidation sites excluding steroid dienone is 1. The highest BCUT2D eigenvalue weighted by atomic mass is 28.4. The van der Waals surface area contributed by atoms with E-state index < -0.39 is 32.7 Å². The van der Waals surface area contributed by atoms with Gasteiger partial charge in [-0.15, -0.1) is 6.58 Å². The summed E-state index contributed by atoms with van der Waals surface area (Å²) >= 11 is 0. The molecule has 284 valence electrons. The van der Waals surface area contributed by atoms with E-state index in [1.54, 1.807) is 0 Å². The first-order valence-corrected chi connectivity index (χ1v) is 22.0. The molecule has 4 aromatic rings. The van der Waals surface area contributed by atoms with Crippen LogP contribution in [0.25, 0.3) is 0 Å². The van der Waals surface area contributed by atoms with Crippen LogP contribution in [0.3, 0.4) is 0 Å². The fourth-order valence-electron chi connectivity index (χ4n) is 6.41. The zero-order valence-electron chi connectivity index (χ0n) is 32.4. The summed E-state index contributed by atoms with van der Waals surface area (Å²) in [6, 6.07) is 41.1. The van der Waals surface area contributed by atoms with E-state index in [9.17, 15) is 0 Å². The largest absolute Gasteiger partial charge is 0.417 e. The van der Waals surface area contributed by atoms with E-state index in [0.717, 1.165) is 28.7 Å². The van der Waals surface area contributed by atoms with Crippen LogP contribution < -0.4 is 0 Å². The average Bonchev–Trinajstić information content (AvgIpc) is 3.16. The van der Waals surface area contributed by atoms with E-state index in [1.165, 1.54) is 0 Å². The minimum Gasteiger partial charge on any atom is -0.417 e. The molecule has 6 atom stereocenters. The normalized spacial score (nSPS) is 21.3. The summed E-state index contributed by atoms with van der Waals surface area (Å²) in [6.07, 6.45) is 1.46. The van der Waals surface area contributed by atoms with Crippen LogP contribution in [0.1, 0.15) is 55.9 Å². The molecule has 1 aliphatic rings. The van der Waals surface area contributed by atoms with Crippen molar-refractivity contribution in [3.63, 3.8) is 0 Å². The lowest BCUT2D eigenvalue weighted by molar-refractivity contribution is -0.275. The number of hydrogen-bond acceptors (Lipinski definition) is 6. The van der Waals surface area contributed by atoms with Crippen LogP contribution in [-0.4, -0.2) is 52.1 Å². The van der Waals surface area contributed by atoms with Crippen molar-refractivity contribution in [2.24, 2.45) is 5.92 Å².